The summed E-state index contributed by atoms with van der Waals surface area (Å²) >= 11 is 0. The highest BCUT2D eigenvalue weighted by Gasteiger charge is 2.28. The van der Waals surface area contributed by atoms with E-state index in [1.807, 2.05) is 0 Å². The summed E-state index contributed by atoms with van der Waals surface area (Å²) in [5, 5.41) is 5.63. The number of likely N-dealkylation sites (N-methyl/N-ethyl adjacent to an activating group) is 1. The molecule has 0 saturated heterocycles. The van der Waals surface area contributed by atoms with Gasteiger partial charge < -0.3 is 15.5 Å². The van der Waals surface area contributed by atoms with Crippen molar-refractivity contribution < 1.29 is 22.9 Å². The second kappa shape index (κ2) is 8.15. The van der Waals surface area contributed by atoms with Gasteiger partial charge in [0.05, 0.1) is 11.9 Å². The summed E-state index contributed by atoms with van der Waals surface area (Å²) in [6.45, 7) is 1.94. The maximum absolute atomic E-state index is 12.4. The van der Waals surface area contributed by atoms with Crippen molar-refractivity contribution in [1.29, 1.82) is 0 Å². The molecule has 1 aliphatic rings. The second-order valence-corrected chi connectivity index (χ2v) is 9.04. The molecule has 0 radical (unpaired) electrons. The Kier molecular flexibility index (Phi) is 6.38. The molecular formula is C17H27N4O4S+. The van der Waals surface area contributed by atoms with Crippen LogP contribution in [0.5, 0.6) is 0 Å². The Balaban J connectivity index is 1.98. The van der Waals surface area contributed by atoms with E-state index in [0.29, 0.717) is 11.7 Å². The predicted octanol–water partition coefficient (Wildman–Crippen LogP) is -0.943. The first-order valence-electron chi connectivity index (χ1n) is 8.56. The van der Waals surface area contributed by atoms with Crippen molar-refractivity contribution in [2.45, 2.75) is 36.7 Å². The fourth-order valence-corrected chi connectivity index (χ4v) is 3.28. The summed E-state index contributed by atoms with van der Waals surface area (Å²) in [6, 6.07) is 5.95. The molecule has 1 aliphatic carbocycles. The molecule has 0 aromatic heterocycles. The number of amides is 2. The van der Waals surface area contributed by atoms with Gasteiger partial charge in [0.2, 0.25) is 10.0 Å². The van der Waals surface area contributed by atoms with E-state index in [9.17, 15) is 18.0 Å². The molecule has 144 valence electrons. The molecule has 2 atom stereocenters. The molecule has 0 heterocycles. The summed E-state index contributed by atoms with van der Waals surface area (Å²) < 4.78 is 25.5. The third-order valence-corrected chi connectivity index (χ3v) is 6.21. The van der Waals surface area contributed by atoms with Crippen molar-refractivity contribution >= 4 is 27.5 Å². The van der Waals surface area contributed by atoms with E-state index in [0.717, 1.165) is 22.0 Å². The van der Waals surface area contributed by atoms with Crippen LogP contribution in [0.15, 0.2) is 29.2 Å². The van der Waals surface area contributed by atoms with Crippen molar-refractivity contribution in [1.82, 2.24) is 9.62 Å². The van der Waals surface area contributed by atoms with E-state index in [-0.39, 0.29) is 23.3 Å². The van der Waals surface area contributed by atoms with Gasteiger partial charge in [-0.3, -0.25) is 9.59 Å². The average Bonchev–Trinajstić information content (AvgIpc) is 3.37. The number of quaternary nitrogens is 1. The number of rotatable bonds is 8. The van der Waals surface area contributed by atoms with Gasteiger partial charge in [0, 0.05) is 25.8 Å². The van der Waals surface area contributed by atoms with Gasteiger partial charge in [0.15, 0.2) is 12.6 Å². The van der Waals surface area contributed by atoms with Crippen molar-refractivity contribution in [2.75, 3.05) is 33.0 Å². The number of sulfonamides is 1. The zero-order chi connectivity index (χ0) is 19.5. The van der Waals surface area contributed by atoms with E-state index in [2.05, 4.69) is 10.6 Å². The number of nitrogens with one attached hydrogen (secondary N) is 3. The van der Waals surface area contributed by atoms with E-state index in [4.69, 9.17) is 0 Å². The number of hydrogen-bond donors (Lipinski definition) is 3. The van der Waals surface area contributed by atoms with E-state index >= 15 is 0 Å². The highest BCUT2D eigenvalue weighted by molar-refractivity contribution is 7.89. The lowest BCUT2D eigenvalue weighted by Crippen LogP contribution is -3.15. The summed E-state index contributed by atoms with van der Waals surface area (Å²) in [7, 11) is 1.12. The first-order chi connectivity index (χ1) is 12.1. The third-order valence-electron chi connectivity index (χ3n) is 4.39. The van der Waals surface area contributed by atoms with Gasteiger partial charge in [-0.2, -0.15) is 0 Å². The minimum Gasteiger partial charge on any atom is -0.348 e. The molecule has 1 fully saturated rings. The maximum Gasteiger partial charge on any atom is 0.282 e. The van der Waals surface area contributed by atoms with Crippen LogP contribution in [-0.4, -0.2) is 64.3 Å². The predicted molar refractivity (Wildman–Crippen MR) is 98.3 cm³/mol. The maximum atomic E-state index is 12.4. The van der Waals surface area contributed by atoms with Crippen molar-refractivity contribution in [3.05, 3.63) is 24.3 Å². The Morgan fingerprint density at radius 2 is 1.96 bits per heavy atom. The van der Waals surface area contributed by atoms with Crippen LogP contribution in [0.1, 0.15) is 19.8 Å². The number of carbonyl (C=O) groups excluding carboxylic acids is 2. The van der Waals surface area contributed by atoms with Gasteiger partial charge in [0.25, 0.3) is 11.8 Å². The van der Waals surface area contributed by atoms with Crippen LogP contribution in [0, 0.1) is 0 Å². The Bertz CT molecular complexity index is 775. The molecule has 1 aromatic rings. The van der Waals surface area contributed by atoms with Gasteiger partial charge in [0.1, 0.15) is 0 Å². The Morgan fingerprint density at radius 1 is 1.31 bits per heavy atom. The quantitative estimate of drug-likeness (QED) is 0.539. The van der Waals surface area contributed by atoms with Gasteiger partial charge in [-0.05, 0) is 38.0 Å². The topological polar surface area (TPSA) is 100 Å². The molecule has 8 nitrogen and oxygen atoms in total. The zero-order valence-electron chi connectivity index (χ0n) is 15.6. The number of benzene rings is 1. The van der Waals surface area contributed by atoms with Gasteiger partial charge >= 0.3 is 0 Å². The number of nitrogens with zero attached hydrogens (tertiary/aromatic N) is 1. The summed E-state index contributed by atoms with van der Waals surface area (Å²) in [5.41, 5.74) is 0.403. The molecule has 1 saturated carbocycles. The largest absolute Gasteiger partial charge is 0.348 e. The van der Waals surface area contributed by atoms with Crippen LogP contribution in [0.4, 0.5) is 5.69 Å². The average molecular weight is 383 g/mol. The monoisotopic (exact) mass is 383 g/mol. The first-order valence-corrected chi connectivity index (χ1v) is 10.0. The van der Waals surface area contributed by atoms with Crippen LogP contribution in [0.3, 0.4) is 0 Å². The van der Waals surface area contributed by atoms with Crippen LogP contribution in [-0.2, 0) is 19.6 Å². The minimum atomic E-state index is -3.57. The molecule has 0 spiro atoms. The van der Waals surface area contributed by atoms with Crippen LogP contribution in [0.2, 0.25) is 0 Å². The highest BCUT2D eigenvalue weighted by Crippen LogP contribution is 2.18. The lowest BCUT2D eigenvalue weighted by atomic mass is 10.2. The summed E-state index contributed by atoms with van der Waals surface area (Å²) in [6.07, 6.45) is 2.04. The zero-order valence-corrected chi connectivity index (χ0v) is 16.4. The SMILES string of the molecule is C[C@H](C(=O)Nc1cccc(S(=O)(=O)N(C)C)c1)[NH+](C)CC(=O)NC1CC1. The second-order valence-electron chi connectivity index (χ2n) is 6.89. The number of anilines is 1. The first kappa shape index (κ1) is 20.3. The summed E-state index contributed by atoms with van der Waals surface area (Å²) in [4.78, 5) is 25.2. The van der Waals surface area contributed by atoms with Gasteiger partial charge in [-0.1, -0.05) is 6.07 Å². The molecule has 1 aromatic carbocycles. The number of carbonyl (C=O) groups is 2. The lowest BCUT2D eigenvalue weighted by molar-refractivity contribution is -0.885. The molecule has 26 heavy (non-hydrogen) atoms. The van der Waals surface area contributed by atoms with Gasteiger partial charge in [-0.25, -0.2) is 12.7 Å². The Hall–Kier alpha value is -1.97. The molecule has 0 bridgehead atoms. The van der Waals surface area contributed by atoms with Crippen LogP contribution in [0.25, 0.3) is 0 Å². The van der Waals surface area contributed by atoms with Crippen LogP contribution >= 0.6 is 0 Å². The minimum absolute atomic E-state index is 0.0660. The van der Waals surface area contributed by atoms with Gasteiger partial charge in [-0.15, -0.1) is 0 Å². The molecular weight excluding hydrogens is 356 g/mol. The fraction of sp³-hybridized carbons (Fsp3) is 0.529. The van der Waals surface area contributed by atoms with E-state index in [1.165, 1.54) is 26.2 Å². The highest BCUT2D eigenvalue weighted by atomic mass is 32.2. The smallest absolute Gasteiger partial charge is 0.282 e. The van der Waals surface area contributed by atoms with E-state index in [1.54, 1.807) is 26.1 Å². The molecule has 0 aliphatic heterocycles. The van der Waals surface area contributed by atoms with Crippen molar-refractivity contribution in [2.24, 2.45) is 0 Å². The third kappa shape index (κ3) is 5.26. The number of hydrogen-bond acceptors (Lipinski definition) is 4. The molecule has 1 unspecified atom stereocenters. The molecule has 3 N–H and O–H groups in total. The fourth-order valence-electron chi connectivity index (χ4n) is 2.33. The Labute approximate surface area is 154 Å². The van der Waals surface area contributed by atoms with Crippen LogP contribution < -0.4 is 15.5 Å². The lowest BCUT2D eigenvalue weighted by Gasteiger charge is -2.21. The van der Waals surface area contributed by atoms with E-state index < -0.39 is 16.1 Å². The van der Waals surface area contributed by atoms with Crippen molar-refractivity contribution in [3.63, 3.8) is 0 Å². The molecule has 9 heteroatoms. The molecule has 2 rings (SSSR count). The Morgan fingerprint density at radius 3 is 2.54 bits per heavy atom. The standard InChI is InChI=1S/C17H26N4O4S/c1-12(21(4)11-16(22)18-13-8-9-13)17(23)19-14-6-5-7-15(10-14)26(24,25)20(2)3/h5-7,10,12-13H,8-9,11H2,1-4H3,(H,18,22)(H,19,23)/p+1/t12-/m1/s1. The summed E-state index contributed by atoms with van der Waals surface area (Å²) in [5.74, 6) is -0.343. The molecule has 2 amide bonds. The van der Waals surface area contributed by atoms with Crippen molar-refractivity contribution in [3.8, 4) is 0 Å². The normalized spacial score (nSPS) is 16.8.